The van der Waals surface area contributed by atoms with Crippen molar-refractivity contribution in [2.75, 3.05) is 6.54 Å². The average molecular weight is 361 g/mol. The fourth-order valence-electron chi connectivity index (χ4n) is 2.06. The first-order chi connectivity index (χ1) is 9.52. The zero-order valence-electron chi connectivity index (χ0n) is 10.8. The molecule has 0 aromatic heterocycles. The van der Waals surface area contributed by atoms with Crippen molar-refractivity contribution in [1.29, 1.82) is 0 Å². The van der Waals surface area contributed by atoms with Gasteiger partial charge >= 0.3 is 0 Å². The Morgan fingerprint density at radius 2 is 1.95 bits per heavy atom. The Morgan fingerprint density at radius 3 is 2.60 bits per heavy atom. The average Bonchev–Trinajstić information content (AvgIpc) is 2.40. The van der Waals surface area contributed by atoms with Crippen LogP contribution in [0.3, 0.4) is 0 Å². The first-order valence-corrected chi connectivity index (χ1v) is 7.33. The summed E-state index contributed by atoms with van der Waals surface area (Å²) < 4.78 is 27.9. The summed E-state index contributed by atoms with van der Waals surface area (Å²) in [4.78, 5) is 0. The Balaban J connectivity index is 2.51. The van der Waals surface area contributed by atoms with Crippen LogP contribution in [0.5, 0.6) is 0 Å². The smallest absolute Gasteiger partial charge is 0.137 e. The van der Waals surface area contributed by atoms with Crippen LogP contribution in [-0.2, 0) is 0 Å². The van der Waals surface area contributed by atoms with Crippen LogP contribution in [0.15, 0.2) is 40.9 Å². The highest BCUT2D eigenvalue weighted by Gasteiger charge is 2.19. The Bertz CT molecular complexity index is 619. The van der Waals surface area contributed by atoms with Crippen molar-refractivity contribution in [3.8, 4) is 0 Å². The molecule has 1 atom stereocenters. The Kier molecular flexibility index (Phi) is 5.13. The number of nitrogens with one attached hydrogen (secondary N) is 1. The number of benzene rings is 2. The van der Waals surface area contributed by atoms with Crippen molar-refractivity contribution in [2.24, 2.45) is 0 Å². The lowest BCUT2D eigenvalue weighted by Gasteiger charge is -2.20. The van der Waals surface area contributed by atoms with Gasteiger partial charge in [0, 0.05) is 10.6 Å². The van der Waals surface area contributed by atoms with E-state index >= 15 is 0 Å². The van der Waals surface area contributed by atoms with Gasteiger partial charge in [-0.2, -0.15) is 0 Å². The number of halogens is 4. The molecule has 0 aliphatic rings. The second-order valence-electron chi connectivity index (χ2n) is 4.33. The summed E-state index contributed by atoms with van der Waals surface area (Å²) >= 11 is 8.95. The maximum Gasteiger partial charge on any atom is 0.137 e. The number of hydrogen-bond acceptors (Lipinski definition) is 1. The summed E-state index contributed by atoms with van der Waals surface area (Å²) in [7, 11) is 0. The van der Waals surface area contributed by atoms with Gasteiger partial charge in [0.05, 0.1) is 10.5 Å². The monoisotopic (exact) mass is 359 g/mol. The highest BCUT2D eigenvalue weighted by molar-refractivity contribution is 9.10. The van der Waals surface area contributed by atoms with E-state index in [0.717, 1.165) is 11.6 Å². The molecule has 1 unspecified atom stereocenters. The van der Waals surface area contributed by atoms with E-state index in [9.17, 15) is 8.78 Å². The Morgan fingerprint density at radius 1 is 1.20 bits per heavy atom. The van der Waals surface area contributed by atoms with E-state index in [1.165, 1.54) is 6.07 Å². The molecule has 0 radical (unpaired) electrons. The quantitative estimate of drug-likeness (QED) is 0.750. The van der Waals surface area contributed by atoms with Crippen LogP contribution in [0.25, 0.3) is 0 Å². The topological polar surface area (TPSA) is 12.0 Å². The van der Waals surface area contributed by atoms with Crippen molar-refractivity contribution in [1.82, 2.24) is 5.32 Å². The zero-order chi connectivity index (χ0) is 14.7. The van der Waals surface area contributed by atoms with Crippen molar-refractivity contribution in [3.05, 3.63) is 68.7 Å². The molecule has 0 saturated carbocycles. The molecule has 2 aromatic rings. The summed E-state index contributed by atoms with van der Waals surface area (Å²) in [5, 5.41) is 3.71. The van der Waals surface area contributed by atoms with E-state index in [-0.39, 0.29) is 10.0 Å². The molecular weight excluding hydrogens is 348 g/mol. The summed E-state index contributed by atoms with van der Waals surface area (Å²) in [6, 6.07) is 9.00. The van der Waals surface area contributed by atoms with Gasteiger partial charge in [-0.25, -0.2) is 8.78 Å². The number of hydrogen-bond donors (Lipinski definition) is 1. The maximum atomic E-state index is 14.1. The highest BCUT2D eigenvalue weighted by atomic mass is 79.9. The number of rotatable bonds is 4. The largest absolute Gasteiger partial charge is 0.306 e. The third-order valence-electron chi connectivity index (χ3n) is 2.94. The standard InChI is InChI=1S/C15H13BrClF2N/c1-2-20-15(9-4-3-5-10(17)6-9)11-7-14(19)12(16)8-13(11)18/h3-8,15,20H,2H2,1H3. The first-order valence-electron chi connectivity index (χ1n) is 6.16. The van der Waals surface area contributed by atoms with Crippen LogP contribution in [0.4, 0.5) is 8.78 Å². The third-order valence-corrected chi connectivity index (χ3v) is 3.78. The van der Waals surface area contributed by atoms with Gasteiger partial charge in [-0.1, -0.05) is 30.7 Å². The molecule has 2 rings (SSSR count). The molecule has 0 aliphatic carbocycles. The lowest BCUT2D eigenvalue weighted by molar-refractivity contribution is 0.542. The fourth-order valence-corrected chi connectivity index (χ4v) is 2.57. The van der Waals surface area contributed by atoms with E-state index < -0.39 is 17.7 Å². The molecule has 0 saturated heterocycles. The van der Waals surface area contributed by atoms with Crippen LogP contribution >= 0.6 is 27.5 Å². The van der Waals surface area contributed by atoms with Crippen LogP contribution in [0.1, 0.15) is 24.1 Å². The van der Waals surface area contributed by atoms with Crippen molar-refractivity contribution in [2.45, 2.75) is 13.0 Å². The minimum Gasteiger partial charge on any atom is -0.306 e. The van der Waals surface area contributed by atoms with E-state index in [1.54, 1.807) is 18.2 Å². The van der Waals surface area contributed by atoms with Gasteiger partial charge in [-0.15, -0.1) is 0 Å². The summed E-state index contributed by atoms with van der Waals surface area (Å²) in [5.41, 5.74) is 1.05. The molecule has 0 amide bonds. The van der Waals surface area contributed by atoms with Crippen molar-refractivity contribution >= 4 is 27.5 Å². The molecule has 0 bridgehead atoms. The first kappa shape index (κ1) is 15.4. The molecule has 0 spiro atoms. The molecule has 20 heavy (non-hydrogen) atoms. The lowest BCUT2D eigenvalue weighted by Crippen LogP contribution is -2.23. The van der Waals surface area contributed by atoms with Crippen LogP contribution in [0.2, 0.25) is 5.02 Å². The van der Waals surface area contributed by atoms with Crippen LogP contribution < -0.4 is 5.32 Å². The molecule has 1 N–H and O–H groups in total. The lowest BCUT2D eigenvalue weighted by atomic mass is 9.98. The van der Waals surface area contributed by atoms with E-state index in [0.29, 0.717) is 11.6 Å². The van der Waals surface area contributed by atoms with E-state index in [2.05, 4.69) is 21.2 Å². The van der Waals surface area contributed by atoms with E-state index in [4.69, 9.17) is 11.6 Å². The normalized spacial score (nSPS) is 12.4. The Hall–Kier alpha value is -0.970. The summed E-state index contributed by atoms with van der Waals surface area (Å²) in [6.07, 6.45) is 0. The predicted octanol–water partition coefficient (Wildman–Crippen LogP) is 5.08. The van der Waals surface area contributed by atoms with Gasteiger partial charge in [0.25, 0.3) is 0 Å². The molecule has 2 aromatic carbocycles. The molecule has 0 fully saturated rings. The molecular formula is C15H13BrClF2N. The van der Waals surface area contributed by atoms with Gasteiger partial charge in [-0.3, -0.25) is 0 Å². The molecule has 1 nitrogen and oxygen atoms in total. The van der Waals surface area contributed by atoms with Crippen molar-refractivity contribution in [3.63, 3.8) is 0 Å². The Labute approximate surface area is 130 Å². The van der Waals surface area contributed by atoms with E-state index in [1.807, 2.05) is 13.0 Å². The van der Waals surface area contributed by atoms with Gasteiger partial charge in [0.1, 0.15) is 11.6 Å². The molecule has 0 aliphatic heterocycles. The molecule has 106 valence electrons. The minimum absolute atomic E-state index is 0.111. The van der Waals surface area contributed by atoms with Gasteiger partial charge in [0.2, 0.25) is 0 Å². The van der Waals surface area contributed by atoms with Crippen LogP contribution in [0, 0.1) is 11.6 Å². The fraction of sp³-hybridized carbons (Fsp3) is 0.200. The van der Waals surface area contributed by atoms with Crippen LogP contribution in [-0.4, -0.2) is 6.54 Å². The summed E-state index contributed by atoms with van der Waals surface area (Å²) in [5.74, 6) is -0.962. The summed E-state index contributed by atoms with van der Waals surface area (Å²) in [6.45, 7) is 2.53. The highest BCUT2D eigenvalue weighted by Crippen LogP contribution is 2.29. The van der Waals surface area contributed by atoms with Gasteiger partial charge in [0.15, 0.2) is 0 Å². The van der Waals surface area contributed by atoms with Crippen molar-refractivity contribution < 1.29 is 8.78 Å². The molecule has 5 heteroatoms. The second-order valence-corrected chi connectivity index (χ2v) is 5.62. The van der Waals surface area contributed by atoms with Gasteiger partial charge in [-0.05, 0) is 52.3 Å². The predicted molar refractivity (Wildman–Crippen MR) is 81.0 cm³/mol. The second kappa shape index (κ2) is 6.66. The van der Waals surface area contributed by atoms with Gasteiger partial charge < -0.3 is 5.32 Å². The zero-order valence-corrected chi connectivity index (χ0v) is 13.1. The maximum absolute atomic E-state index is 14.1. The SMILES string of the molecule is CCNC(c1cccc(Cl)c1)c1cc(F)c(Br)cc1F. The third kappa shape index (κ3) is 3.37. The minimum atomic E-state index is -0.494. The molecule has 0 heterocycles.